The summed E-state index contributed by atoms with van der Waals surface area (Å²) in [6, 6.07) is 18.4. The average Bonchev–Trinajstić information content (AvgIpc) is 3.22. The van der Waals surface area contributed by atoms with Gasteiger partial charge in [0.1, 0.15) is 11.8 Å². The number of ether oxygens (including phenoxy) is 1. The maximum Gasteiger partial charge on any atom is 0.262 e. The zero-order valence-corrected chi connectivity index (χ0v) is 23.9. The van der Waals surface area contributed by atoms with Gasteiger partial charge in [0.15, 0.2) is 6.10 Å². The molecule has 204 valence electrons. The summed E-state index contributed by atoms with van der Waals surface area (Å²) < 4.78 is 7.97. The van der Waals surface area contributed by atoms with Crippen molar-refractivity contribution in [2.24, 2.45) is 11.0 Å². The van der Waals surface area contributed by atoms with Crippen LogP contribution in [0, 0.1) is 5.92 Å². The third-order valence-electron chi connectivity index (χ3n) is 6.41. The Morgan fingerprint density at radius 3 is 2.44 bits per heavy atom. The zero-order chi connectivity index (χ0) is 28.1. The SMILES string of the molecule is CCn1c2ccccc2c2cc(/C=N\NC(=O)[C@H](CC(C)C)NC(=O)[C@@H](C)Oc3ccc(Cl)cc3Cl)ccc21. The van der Waals surface area contributed by atoms with Crippen molar-refractivity contribution in [2.45, 2.75) is 52.8 Å². The highest BCUT2D eigenvalue weighted by molar-refractivity contribution is 6.35. The second kappa shape index (κ2) is 12.5. The molecule has 2 amide bonds. The average molecular weight is 568 g/mol. The van der Waals surface area contributed by atoms with Crippen LogP contribution in [-0.2, 0) is 16.1 Å². The van der Waals surface area contributed by atoms with Crippen molar-refractivity contribution < 1.29 is 14.3 Å². The number of aryl methyl sites for hydroxylation is 1. The van der Waals surface area contributed by atoms with Crippen LogP contribution in [0.25, 0.3) is 21.8 Å². The van der Waals surface area contributed by atoms with E-state index in [1.165, 1.54) is 17.0 Å². The molecule has 0 spiro atoms. The van der Waals surface area contributed by atoms with E-state index in [0.717, 1.165) is 23.0 Å². The number of nitrogens with zero attached hydrogens (tertiary/aromatic N) is 2. The minimum Gasteiger partial charge on any atom is -0.479 e. The Bertz CT molecular complexity index is 1530. The van der Waals surface area contributed by atoms with Gasteiger partial charge < -0.3 is 14.6 Å². The summed E-state index contributed by atoms with van der Waals surface area (Å²) in [5.41, 5.74) is 5.77. The number of hydrogen-bond acceptors (Lipinski definition) is 4. The molecule has 3 aromatic carbocycles. The molecule has 2 atom stereocenters. The van der Waals surface area contributed by atoms with Gasteiger partial charge in [-0.1, -0.05) is 61.3 Å². The Morgan fingerprint density at radius 1 is 0.974 bits per heavy atom. The molecule has 0 unspecified atom stereocenters. The van der Waals surface area contributed by atoms with Crippen LogP contribution in [0.1, 0.15) is 39.7 Å². The number of nitrogens with one attached hydrogen (secondary N) is 2. The molecule has 4 aromatic rings. The third kappa shape index (κ3) is 6.72. The van der Waals surface area contributed by atoms with E-state index in [1.54, 1.807) is 25.3 Å². The molecule has 0 bridgehead atoms. The highest BCUT2D eigenvalue weighted by Gasteiger charge is 2.25. The monoisotopic (exact) mass is 566 g/mol. The number of carbonyl (C=O) groups is 2. The molecule has 39 heavy (non-hydrogen) atoms. The first-order valence-electron chi connectivity index (χ1n) is 12.9. The molecule has 0 aliphatic rings. The van der Waals surface area contributed by atoms with Gasteiger partial charge in [0.05, 0.1) is 11.2 Å². The van der Waals surface area contributed by atoms with Crippen LogP contribution in [0.5, 0.6) is 5.75 Å². The fourth-order valence-electron chi connectivity index (χ4n) is 4.55. The number of rotatable bonds is 10. The molecule has 9 heteroatoms. The Labute approximate surface area is 238 Å². The molecule has 2 N–H and O–H groups in total. The van der Waals surface area contributed by atoms with Crippen LogP contribution in [0.4, 0.5) is 0 Å². The maximum atomic E-state index is 13.0. The first kappa shape index (κ1) is 28.5. The fourth-order valence-corrected chi connectivity index (χ4v) is 5.00. The number of fused-ring (bicyclic) bond motifs is 3. The van der Waals surface area contributed by atoms with Crippen molar-refractivity contribution in [1.82, 2.24) is 15.3 Å². The first-order valence-corrected chi connectivity index (χ1v) is 13.7. The lowest BCUT2D eigenvalue weighted by Crippen LogP contribution is -2.49. The lowest BCUT2D eigenvalue weighted by atomic mass is 10.0. The predicted octanol–water partition coefficient (Wildman–Crippen LogP) is 6.57. The summed E-state index contributed by atoms with van der Waals surface area (Å²) >= 11 is 12.1. The van der Waals surface area contributed by atoms with Gasteiger partial charge in [0, 0.05) is 33.4 Å². The zero-order valence-electron chi connectivity index (χ0n) is 22.4. The molecule has 0 aliphatic heterocycles. The van der Waals surface area contributed by atoms with Gasteiger partial charge in [-0.05, 0) is 68.1 Å². The van der Waals surface area contributed by atoms with E-state index < -0.39 is 24.0 Å². The largest absolute Gasteiger partial charge is 0.479 e. The minimum absolute atomic E-state index is 0.158. The fraction of sp³-hybridized carbons (Fsp3) is 0.300. The van der Waals surface area contributed by atoms with Crippen LogP contribution in [-0.4, -0.2) is 34.7 Å². The van der Waals surface area contributed by atoms with Crippen LogP contribution < -0.4 is 15.5 Å². The van der Waals surface area contributed by atoms with Gasteiger partial charge in [-0.3, -0.25) is 9.59 Å². The van der Waals surface area contributed by atoms with E-state index in [1.807, 2.05) is 32.0 Å². The summed E-state index contributed by atoms with van der Waals surface area (Å²) in [6.45, 7) is 8.54. The van der Waals surface area contributed by atoms with E-state index in [9.17, 15) is 9.59 Å². The quantitative estimate of drug-likeness (QED) is 0.168. The van der Waals surface area contributed by atoms with Crippen molar-refractivity contribution >= 4 is 63.0 Å². The van der Waals surface area contributed by atoms with E-state index in [4.69, 9.17) is 27.9 Å². The van der Waals surface area contributed by atoms with Gasteiger partial charge in [-0.15, -0.1) is 0 Å². The van der Waals surface area contributed by atoms with Crippen molar-refractivity contribution in [3.8, 4) is 5.75 Å². The van der Waals surface area contributed by atoms with Gasteiger partial charge in [0.2, 0.25) is 0 Å². The number of halogens is 2. The van der Waals surface area contributed by atoms with Crippen molar-refractivity contribution in [3.63, 3.8) is 0 Å². The molecular formula is C30H32Cl2N4O3. The molecular weight excluding hydrogens is 535 g/mol. The van der Waals surface area contributed by atoms with Crippen molar-refractivity contribution in [2.75, 3.05) is 0 Å². The van der Waals surface area contributed by atoms with Crippen molar-refractivity contribution in [1.29, 1.82) is 0 Å². The van der Waals surface area contributed by atoms with Gasteiger partial charge in [0.25, 0.3) is 11.8 Å². The summed E-state index contributed by atoms with van der Waals surface area (Å²) in [5, 5.41) is 10.0. The standard InChI is InChI=1S/C30H32Cl2N4O3/c1-5-36-26-9-7-6-8-22(26)23-15-20(10-12-27(23)36)17-33-35-30(38)25(14-18(2)3)34-29(37)19(4)39-28-13-11-21(31)16-24(28)32/h6-13,15-19,25H,5,14H2,1-4H3,(H,34,37)(H,35,38)/b33-17-/t19-,25+/m1/s1. The highest BCUT2D eigenvalue weighted by atomic mass is 35.5. The van der Waals surface area contributed by atoms with Gasteiger partial charge in [-0.25, -0.2) is 5.43 Å². The van der Waals surface area contributed by atoms with Crippen LogP contribution in [0.15, 0.2) is 65.8 Å². The van der Waals surface area contributed by atoms with E-state index >= 15 is 0 Å². The molecule has 0 aliphatic carbocycles. The molecule has 7 nitrogen and oxygen atoms in total. The number of carbonyl (C=O) groups excluding carboxylic acids is 2. The van der Waals surface area contributed by atoms with Gasteiger partial charge >= 0.3 is 0 Å². The van der Waals surface area contributed by atoms with E-state index in [-0.39, 0.29) is 5.92 Å². The van der Waals surface area contributed by atoms with E-state index in [0.29, 0.717) is 22.2 Å². The number of hydrazone groups is 1. The molecule has 0 radical (unpaired) electrons. The predicted molar refractivity (Wildman–Crippen MR) is 159 cm³/mol. The molecule has 0 saturated carbocycles. The second-order valence-corrected chi connectivity index (χ2v) is 10.6. The molecule has 1 heterocycles. The van der Waals surface area contributed by atoms with Gasteiger partial charge in [-0.2, -0.15) is 5.10 Å². The lowest BCUT2D eigenvalue weighted by Gasteiger charge is -2.22. The summed E-state index contributed by atoms with van der Waals surface area (Å²) in [5.74, 6) is -0.361. The summed E-state index contributed by atoms with van der Waals surface area (Å²) in [7, 11) is 0. The number of amides is 2. The van der Waals surface area contributed by atoms with Crippen molar-refractivity contribution in [3.05, 3.63) is 76.3 Å². The maximum absolute atomic E-state index is 13.0. The van der Waals surface area contributed by atoms with Crippen LogP contribution >= 0.6 is 23.2 Å². The Kier molecular flexibility index (Phi) is 9.15. The molecule has 1 aromatic heterocycles. The molecule has 0 fully saturated rings. The Hall–Kier alpha value is -3.55. The smallest absolute Gasteiger partial charge is 0.262 e. The lowest BCUT2D eigenvalue weighted by molar-refractivity contribution is -0.132. The number of hydrogen-bond donors (Lipinski definition) is 2. The van der Waals surface area contributed by atoms with Crippen LogP contribution in [0.2, 0.25) is 10.0 Å². The normalized spacial score (nSPS) is 13.2. The van der Waals surface area contributed by atoms with E-state index in [2.05, 4.69) is 51.6 Å². The highest BCUT2D eigenvalue weighted by Crippen LogP contribution is 2.30. The Balaban J connectivity index is 1.44. The number of aromatic nitrogens is 1. The van der Waals surface area contributed by atoms with Crippen LogP contribution in [0.3, 0.4) is 0 Å². The first-order chi connectivity index (χ1) is 18.7. The molecule has 0 saturated heterocycles. The summed E-state index contributed by atoms with van der Waals surface area (Å²) in [4.78, 5) is 25.8. The topological polar surface area (TPSA) is 84.7 Å². The third-order valence-corrected chi connectivity index (χ3v) is 6.94. The second-order valence-electron chi connectivity index (χ2n) is 9.80. The Morgan fingerprint density at radius 2 is 1.72 bits per heavy atom. The number of para-hydroxylation sites is 1. The minimum atomic E-state index is -0.883. The summed E-state index contributed by atoms with van der Waals surface area (Å²) in [6.07, 6.45) is 1.16. The number of benzene rings is 3. The molecule has 4 rings (SSSR count).